The van der Waals surface area contributed by atoms with Gasteiger partial charge in [-0.1, -0.05) is 90.5 Å². The molecule has 298 valence electrons. The Hall–Kier alpha value is -3.78. The minimum atomic E-state index is -3.81. The monoisotopic (exact) mass is 768 g/mol. The summed E-state index contributed by atoms with van der Waals surface area (Å²) in [5.74, 6) is -2.40. The zero-order valence-electron chi connectivity index (χ0n) is 32.5. The quantitative estimate of drug-likeness (QED) is 0.138. The largest absolute Gasteiger partial charge is 0.346 e. The molecule has 6 atom stereocenters. The Bertz CT molecular complexity index is 1660. The third kappa shape index (κ3) is 9.18. The summed E-state index contributed by atoms with van der Waals surface area (Å²) in [4.78, 5) is 70.6. The number of piperidine rings is 1. The molecule has 1 unspecified atom stereocenters. The van der Waals surface area contributed by atoms with Crippen LogP contribution in [0.3, 0.4) is 0 Å². The lowest BCUT2D eigenvalue weighted by Gasteiger charge is -2.38. The first-order valence-corrected chi connectivity index (χ1v) is 21.1. The standard InChI is InChI=1S/C40H60N6O7S/c1-7-21-41-37(49)35(47)30(22-26-15-14-16-26)42-36(48)34-32-29(40(32,4)5)23-46(34)38(50)33(27-17-10-8-11-18-27)44-39(51)43-31(25(2)3)24-45(6)54(52,53)28-19-12-9-13-20-28/h7,9,12-13,19-20,25-27,29-34H,1,8,10-11,14-18,21-24H2,2-6H3,(H,41,49)(H,42,48)(H2,43,44,51)/t29-,30?,31+,32-,33-,34-/m0/s1. The lowest BCUT2D eigenvalue weighted by molar-refractivity contribution is -0.145. The van der Waals surface area contributed by atoms with E-state index in [1.807, 2.05) is 13.8 Å². The highest BCUT2D eigenvalue weighted by Gasteiger charge is 2.69. The van der Waals surface area contributed by atoms with Gasteiger partial charge in [0.15, 0.2) is 0 Å². The van der Waals surface area contributed by atoms with Crippen molar-refractivity contribution in [3.63, 3.8) is 0 Å². The molecule has 4 aliphatic rings. The van der Waals surface area contributed by atoms with E-state index in [0.717, 1.165) is 51.4 Å². The number of hydrogen-bond donors (Lipinski definition) is 4. The van der Waals surface area contributed by atoms with Crippen LogP contribution < -0.4 is 21.3 Å². The summed E-state index contributed by atoms with van der Waals surface area (Å²) >= 11 is 0. The fraction of sp³-hybridized carbons (Fsp3) is 0.675. The van der Waals surface area contributed by atoms with Crippen molar-refractivity contribution in [2.24, 2.45) is 35.0 Å². The smallest absolute Gasteiger partial charge is 0.315 e. The van der Waals surface area contributed by atoms with Crippen LogP contribution in [-0.2, 0) is 29.2 Å². The molecule has 13 nitrogen and oxygen atoms in total. The van der Waals surface area contributed by atoms with Gasteiger partial charge in [-0.2, -0.15) is 4.31 Å². The lowest BCUT2D eigenvalue weighted by atomic mass is 9.80. The third-order valence-electron chi connectivity index (χ3n) is 12.5. The van der Waals surface area contributed by atoms with Gasteiger partial charge in [0, 0.05) is 32.7 Å². The molecule has 0 radical (unpaired) electrons. The number of Topliss-reactive ketones (excluding diaryl/α,β-unsaturated/α-hetero) is 1. The highest BCUT2D eigenvalue weighted by molar-refractivity contribution is 7.89. The minimum absolute atomic E-state index is 0.0174. The fourth-order valence-electron chi connectivity index (χ4n) is 8.72. The molecule has 4 fully saturated rings. The van der Waals surface area contributed by atoms with Gasteiger partial charge in [-0.25, -0.2) is 13.2 Å². The lowest BCUT2D eigenvalue weighted by Crippen LogP contribution is -2.61. The van der Waals surface area contributed by atoms with Crippen molar-refractivity contribution in [3.05, 3.63) is 43.0 Å². The minimum Gasteiger partial charge on any atom is -0.346 e. The van der Waals surface area contributed by atoms with Crippen LogP contribution in [0.1, 0.15) is 85.5 Å². The van der Waals surface area contributed by atoms with Crippen molar-refractivity contribution in [1.82, 2.24) is 30.5 Å². The number of urea groups is 1. The van der Waals surface area contributed by atoms with E-state index in [9.17, 15) is 32.4 Å². The topological polar surface area (TPSA) is 174 Å². The van der Waals surface area contributed by atoms with E-state index in [1.165, 1.54) is 29.6 Å². The molecule has 5 rings (SSSR count). The maximum absolute atomic E-state index is 14.7. The van der Waals surface area contributed by atoms with Crippen molar-refractivity contribution in [2.75, 3.05) is 26.7 Å². The number of carbonyl (C=O) groups is 5. The van der Waals surface area contributed by atoms with Crippen LogP contribution in [-0.4, -0.2) is 98.0 Å². The Morgan fingerprint density at radius 1 is 0.963 bits per heavy atom. The summed E-state index contributed by atoms with van der Waals surface area (Å²) in [5, 5.41) is 11.4. The number of hydrogen-bond acceptors (Lipinski definition) is 7. The molecule has 54 heavy (non-hydrogen) atoms. The van der Waals surface area contributed by atoms with E-state index in [0.29, 0.717) is 13.0 Å². The maximum atomic E-state index is 14.7. The molecule has 1 aromatic carbocycles. The van der Waals surface area contributed by atoms with Gasteiger partial charge in [0.1, 0.15) is 12.1 Å². The van der Waals surface area contributed by atoms with Gasteiger partial charge < -0.3 is 26.2 Å². The average molecular weight is 769 g/mol. The second kappa shape index (κ2) is 17.3. The van der Waals surface area contributed by atoms with Crippen molar-refractivity contribution < 1.29 is 32.4 Å². The molecule has 1 aliphatic heterocycles. The Labute approximate surface area is 320 Å². The van der Waals surface area contributed by atoms with Gasteiger partial charge >= 0.3 is 6.03 Å². The first-order valence-electron chi connectivity index (χ1n) is 19.7. The summed E-state index contributed by atoms with van der Waals surface area (Å²) in [6.07, 6.45) is 9.06. The van der Waals surface area contributed by atoms with Crippen molar-refractivity contribution >= 4 is 39.6 Å². The van der Waals surface area contributed by atoms with E-state index in [4.69, 9.17) is 0 Å². The molecule has 1 aromatic rings. The molecule has 0 spiro atoms. The molecular weight excluding hydrogens is 709 g/mol. The number of amides is 5. The summed E-state index contributed by atoms with van der Waals surface area (Å²) in [6, 6.07) is 4.19. The van der Waals surface area contributed by atoms with Crippen LogP contribution in [0.4, 0.5) is 4.79 Å². The molecule has 3 aliphatic carbocycles. The van der Waals surface area contributed by atoms with Crippen molar-refractivity contribution in [3.8, 4) is 0 Å². The van der Waals surface area contributed by atoms with E-state index in [2.05, 4.69) is 41.7 Å². The van der Waals surface area contributed by atoms with Crippen LogP contribution in [0.25, 0.3) is 0 Å². The molecule has 0 aromatic heterocycles. The molecule has 5 amide bonds. The molecule has 1 heterocycles. The molecule has 4 N–H and O–H groups in total. The fourth-order valence-corrected chi connectivity index (χ4v) is 9.94. The SMILES string of the molecule is C=CCNC(=O)C(=O)C(CC1CCC1)NC(=O)[C@@H]1[C@@H]2[C@H](CN1C(=O)[C@@H](NC(=O)N[C@H](CN(C)S(=O)(=O)c1ccccc1)C(C)C)C1CCCCC1)C2(C)C. The maximum Gasteiger partial charge on any atom is 0.315 e. The van der Waals surface area contributed by atoms with Gasteiger partial charge in [0.05, 0.1) is 10.9 Å². The van der Waals surface area contributed by atoms with Crippen LogP contribution in [0, 0.1) is 35.0 Å². The van der Waals surface area contributed by atoms with Crippen LogP contribution in [0.5, 0.6) is 0 Å². The summed E-state index contributed by atoms with van der Waals surface area (Å²) in [6.45, 7) is 12.0. The van der Waals surface area contributed by atoms with E-state index < -0.39 is 57.8 Å². The van der Waals surface area contributed by atoms with Crippen molar-refractivity contribution in [1.29, 1.82) is 0 Å². The normalized spacial score (nSPS) is 24.1. The van der Waals surface area contributed by atoms with Crippen LogP contribution >= 0.6 is 0 Å². The molecule has 3 saturated carbocycles. The number of fused-ring (bicyclic) bond motifs is 1. The van der Waals surface area contributed by atoms with Crippen LogP contribution in [0.15, 0.2) is 47.9 Å². The second-order valence-electron chi connectivity index (χ2n) is 16.8. The second-order valence-corrected chi connectivity index (χ2v) is 18.8. The van der Waals surface area contributed by atoms with E-state index in [-0.39, 0.29) is 58.9 Å². The highest BCUT2D eigenvalue weighted by Crippen LogP contribution is 2.65. The number of nitrogens with zero attached hydrogens (tertiary/aromatic N) is 2. The molecule has 0 bridgehead atoms. The number of rotatable bonds is 17. The third-order valence-corrected chi connectivity index (χ3v) is 14.4. The predicted molar refractivity (Wildman–Crippen MR) is 205 cm³/mol. The first-order chi connectivity index (χ1) is 25.6. The van der Waals surface area contributed by atoms with E-state index >= 15 is 0 Å². The predicted octanol–water partition coefficient (Wildman–Crippen LogP) is 3.61. The Morgan fingerprint density at radius 3 is 2.22 bits per heavy atom. The number of carbonyl (C=O) groups excluding carboxylic acids is 5. The van der Waals surface area contributed by atoms with E-state index in [1.54, 1.807) is 23.1 Å². The first kappa shape index (κ1) is 41.4. The van der Waals surface area contributed by atoms with Gasteiger partial charge in [-0.3, -0.25) is 19.2 Å². The van der Waals surface area contributed by atoms with Gasteiger partial charge in [0.2, 0.25) is 27.6 Å². The average Bonchev–Trinajstić information content (AvgIpc) is 3.43. The highest BCUT2D eigenvalue weighted by atomic mass is 32.2. The number of sulfonamides is 1. The van der Waals surface area contributed by atoms with Crippen LogP contribution in [0.2, 0.25) is 0 Å². The summed E-state index contributed by atoms with van der Waals surface area (Å²) in [5.41, 5.74) is -0.199. The Morgan fingerprint density at radius 2 is 1.63 bits per heavy atom. The molecular formula is C40H60N6O7S. The number of nitrogens with one attached hydrogen (secondary N) is 4. The Balaban J connectivity index is 1.33. The summed E-state index contributed by atoms with van der Waals surface area (Å²) in [7, 11) is -2.32. The summed E-state index contributed by atoms with van der Waals surface area (Å²) < 4.78 is 27.8. The number of likely N-dealkylation sites (tertiary alicyclic amines) is 1. The molecule has 14 heteroatoms. The number of likely N-dealkylation sites (N-methyl/N-ethyl adjacent to an activating group) is 1. The van der Waals surface area contributed by atoms with Gasteiger partial charge in [0.25, 0.3) is 5.91 Å². The molecule has 1 saturated heterocycles. The van der Waals surface area contributed by atoms with Gasteiger partial charge in [-0.05, 0) is 66.4 Å². The zero-order chi connectivity index (χ0) is 39.4. The number of benzene rings is 1. The van der Waals surface area contributed by atoms with Crippen molar-refractivity contribution in [2.45, 2.75) is 115 Å². The Kier molecular flexibility index (Phi) is 13.3. The number of ketones is 1. The zero-order valence-corrected chi connectivity index (χ0v) is 33.3. The van der Waals surface area contributed by atoms with Gasteiger partial charge in [-0.15, -0.1) is 6.58 Å².